The van der Waals surface area contributed by atoms with Gasteiger partial charge < -0.3 is 4.98 Å². The second kappa shape index (κ2) is 3.17. The molecule has 2 aromatic heterocycles. The topological polar surface area (TPSA) is 59.4 Å². The number of rotatable bonds is 3. The van der Waals surface area contributed by atoms with E-state index in [4.69, 9.17) is 0 Å². The first kappa shape index (κ1) is 7.02. The lowest BCUT2D eigenvalue weighted by molar-refractivity contribution is 0.608. The Hall–Kier alpha value is -1.65. The van der Waals surface area contributed by atoms with E-state index in [1.807, 2.05) is 6.20 Å². The zero-order valence-corrected chi connectivity index (χ0v) is 6.51. The Balaban J connectivity index is 1.91. The van der Waals surface area contributed by atoms with Gasteiger partial charge in [-0.1, -0.05) is 0 Å². The standard InChI is InChI=1S/C7H9N5/c1(7-3-8-4-10-7)2-12-6-9-5-11-12/h3-6H,1-2H2,(H,8,10). The summed E-state index contributed by atoms with van der Waals surface area (Å²) in [6.07, 6.45) is 7.64. The average molecular weight is 163 g/mol. The Kier molecular flexibility index (Phi) is 1.85. The third kappa shape index (κ3) is 1.50. The van der Waals surface area contributed by atoms with E-state index in [1.54, 1.807) is 17.3 Å². The van der Waals surface area contributed by atoms with Crippen LogP contribution < -0.4 is 0 Å². The number of aryl methyl sites for hydroxylation is 2. The molecule has 0 amide bonds. The highest BCUT2D eigenvalue weighted by Gasteiger charge is 1.94. The van der Waals surface area contributed by atoms with E-state index in [1.165, 1.54) is 6.33 Å². The summed E-state index contributed by atoms with van der Waals surface area (Å²) < 4.78 is 1.79. The van der Waals surface area contributed by atoms with E-state index < -0.39 is 0 Å². The molecule has 0 unspecified atom stereocenters. The van der Waals surface area contributed by atoms with Gasteiger partial charge in [-0.2, -0.15) is 5.10 Å². The van der Waals surface area contributed by atoms with Crippen LogP contribution in [0.5, 0.6) is 0 Å². The third-order valence-electron chi connectivity index (χ3n) is 1.63. The molecule has 5 heteroatoms. The predicted octanol–water partition coefficient (Wildman–Crippen LogP) is 0.244. The molecule has 0 aliphatic rings. The van der Waals surface area contributed by atoms with E-state index in [9.17, 15) is 0 Å². The average Bonchev–Trinajstić information content (AvgIpc) is 2.74. The highest BCUT2D eigenvalue weighted by atomic mass is 15.3. The summed E-state index contributed by atoms with van der Waals surface area (Å²) in [7, 11) is 0. The van der Waals surface area contributed by atoms with E-state index in [2.05, 4.69) is 20.1 Å². The van der Waals surface area contributed by atoms with Crippen LogP contribution in [0.4, 0.5) is 0 Å². The highest BCUT2D eigenvalue weighted by molar-refractivity contribution is 4.93. The first-order chi connectivity index (χ1) is 5.95. The largest absolute Gasteiger partial charge is 0.348 e. The fraction of sp³-hybridized carbons (Fsp3) is 0.286. The molecule has 62 valence electrons. The van der Waals surface area contributed by atoms with E-state index in [0.717, 1.165) is 18.7 Å². The molecule has 12 heavy (non-hydrogen) atoms. The van der Waals surface area contributed by atoms with Gasteiger partial charge in [-0.3, -0.25) is 4.68 Å². The van der Waals surface area contributed by atoms with Crippen LogP contribution in [0.25, 0.3) is 0 Å². The van der Waals surface area contributed by atoms with Crippen molar-refractivity contribution in [2.24, 2.45) is 0 Å². The normalized spacial score (nSPS) is 10.3. The predicted molar refractivity (Wildman–Crippen MR) is 42.3 cm³/mol. The summed E-state index contributed by atoms with van der Waals surface area (Å²) >= 11 is 0. The smallest absolute Gasteiger partial charge is 0.137 e. The van der Waals surface area contributed by atoms with Crippen LogP contribution >= 0.6 is 0 Å². The first-order valence-corrected chi connectivity index (χ1v) is 3.75. The maximum absolute atomic E-state index is 3.99. The Morgan fingerprint density at radius 1 is 1.42 bits per heavy atom. The molecule has 2 rings (SSSR count). The molecule has 0 saturated carbocycles. The molecule has 0 fully saturated rings. The number of nitrogens with one attached hydrogen (secondary N) is 1. The Morgan fingerprint density at radius 3 is 3.08 bits per heavy atom. The molecule has 2 aromatic rings. The van der Waals surface area contributed by atoms with Crippen LogP contribution in [0, 0.1) is 0 Å². The van der Waals surface area contributed by atoms with Gasteiger partial charge in [-0.15, -0.1) is 0 Å². The maximum Gasteiger partial charge on any atom is 0.137 e. The Labute approximate surface area is 69.5 Å². The molecule has 0 atom stereocenters. The number of hydrogen-bond donors (Lipinski definition) is 1. The molecule has 1 N–H and O–H groups in total. The van der Waals surface area contributed by atoms with Crippen LogP contribution in [0.15, 0.2) is 25.2 Å². The molecule has 0 saturated heterocycles. The van der Waals surface area contributed by atoms with E-state index in [-0.39, 0.29) is 0 Å². The first-order valence-electron chi connectivity index (χ1n) is 3.75. The van der Waals surface area contributed by atoms with Gasteiger partial charge in [0.1, 0.15) is 12.7 Å². The summed E-state index contributed by atoms with van der Waals surface area (Å²) in [5.41, 5.74) is 1.12. The van der Waals surface area contributed by atoms with E-state index in [0.29, 0.717) is 0 Å². The number of nitrogens with zero attached hydrogens (tertiary/aromatic N) is 4. The number of imidazole rings is 1. The fourth-order valence-electron chi connectivity index (χ4n) is 1.00. The lowest BCUT2D eigenvalue weighted by atomic mass is 10.3. The lowest BCUT2D eigenvalue weighted by Crippen LogP contribution is -2.01. The zero-order chi connectivity index (χ0) is 8.23. The van der Waals surface area contributed by atoms with Gasteiger partial charge in [-0.25, -0.2) is 9.97 Å². The molecule has 0 bridgehead atoms. The number of hydrogen-bond acceptors (Lipinski definition) is 3. The number of H-pyrrole nitrogens is 1. The van der Waals surface area contributed by atoms with Crippen molar-refractivity contribution in [2.75, 3.05) is 0 Å². The molecule has 0 spiro atoms. The summed E-state index contributed by atoms with van der Waals surface area (Å²) in [6.45, 7) is 0.836. The van der Waals surface area contributed by atoms with Crippen molar-refractivity contribution in [1.82, 2.24) is 24.7 Å². The van der Waals surface area contributed by atoms with Crippen LogP contribution in [-0.4, -0.2) is 24.7 Å². The lowest BCUT2D eigenvalue weighted by Gasteiger charge is -1.96. The molecule has 2 heterocycles. The van der Waals surface area contributed by atoms with Crippen LogP contribution in [0.2, 0.25) is 0 Å². The van der Waals surface area contributed by atoms with Crippen molar-refractivity contribution in [3.8, 4) is 0 Å². The van der Waals surface area contributed by atoms with Gasteiger partial charge >= 0.3 is 0 Å². The molecule has 0 aliphatic carbocycles. The minimum absolute atomic E-state index is 0.836. The molecular weight excluding hydrogens is 154 g/mol. The van der Waals surface area contributed by atoms with Gasteiger partial charge in [0, 0.05) is 24.9 Å². The molecule has 0 aliphatic heterocycles. The van der Waals surface area contributed by atoms with Gasteiger partial charge in [0.15, 0.2) is 0 Å². The molecule has 5 nitrogen and oxygen atoms in total. The van der Waals surface area contributed by atoms with Crippen LogP contribution in [0.3, 0.4) is 0 Å². The van der Waals surface area contributed by atoms with Crippen LogP contribution in [-0.2, 0) is 13.0 Å². The quantitative estimate of drug-likeness (QED) is 0.705. The van der Waals surface area contributed by atoms with Gasteiger partial charge in [-0.05, 0) is 0 Å². The minimum atomic E-state index is 0.836. The monoisotopic (exact) mass is 163 g/mol. The van der Waals surface area contributed by atoms with Crippen molar-refractivity contribution in [3.05, 3.63) is 30.9 Å². The SMILES string of the molecule is c1ncn(CCc2cnc[nH]2)n1. The Morgan fingerprint density at radius 2 is 2.42 bits per heavy atom. The minimum Gasteiger partial charge on any atom is -0.348 e. The van der Waals surface area contributed by atoms with Crippen molar-refractivity contribution < 1.29 is 0 Å². The number of aromatic amines is 1. The van der Waals surface area contributed by atoms with Crippen molar-refractivity contribution in [1.29, 1.82) is 0 Å². The Bertz CT molecular complexity index is 275. The second-order valence-corrected chi connectivity index (χ2v) is 2.49. The maximum atomic E-state index is 3.99. The molecular formula is C7H9N5. The van der Waals surface area contributed by atoms with E-state index >= 15 is 0 Å². The van der Waals surface area contributed by atoms with Crippen molar-refractivity contribution in [3.63, 3.8) is 0 Å². The summed E-state index contributed by atoms with van der Waals surface area (Å²) in [5.74, 6) is 0. The summed E-state index contributed by atoms with van der Waals surface area (Å²) in [6, 6.07) is 0. The van der Waals surface area contributed by atoms with Gasteiger partial charge in [0.2, 0.25) is 0 Å². The van der Waals surface area contributed by atoms with Crippen LogP contribution in [0.1, 0.15) is 5.69 Å². The zero-order valence-electron chi connectivity index (χ0n) is 6.51. The van der Waals surface area contributed by atoms with Crippen molar-refractivity contribution in [2.45, 2.75) is 13.0 Å². The number of aromatic nitrogens is 5. The summed E-state index contributed by atoms with van der Waals surface area (Å²) in [4.78, 5) is 10.8. The van der Waals surface area contributed by atoms with Crippen molar-refractivity contribution >= 4 is 0 Å². The molecule has 0 radical (unpaired) electrons. The fourth-order valence-corrected chi connectivity index (χ4v) is 1.00. The second-order valence-electron chi connectivity index (χ2n) is 2.49. The molecule has 0 aromatic carbocycles. The van der Waals surface area contributed by atoms with Gasteiger partial charge in [0.05, 0.1) is 6.33 Å². The van der Waals surface area contributed by atoms with Gasteiger partial charge in [0.25, 0.3) is 0 Å². The third-order valence-corrected chi connectivity index (χ3v) is 1.63. The summed E-state index contributed by atoms with van der Waals surface area (Å²) in [5, 5.41) is 3.99. The highest BCUT2D eigenvalue weighted by Crippen LogP contribution is 1.94.